The lowest BCUT2D eigenvalue weighted by atomic mass is 10.1. The molecular formula is C12H15NO3. The van der Waals surface area contributed by atoms with Crippen molar-refractivity contribution >= 4 is 5.91 Å². The highest BCUT2D eigenvalue weighted by Crippen LogP contribution is 2.21. The minimum absolute atomic E-state index is 0.106. The molecule has 1 saturated heterocycles. The largest absolute Gasteiger partial charge is 0.497 e. The number of ether oxygens (including phenoxy) is 2. The minimum Gasteiger partial charge on any atom is -0.497 e. The van der Waals surface area contributed by atoms with Crippen LogP contribution in [0.2, 0.25) is 0 Å². The van der Waals surface area contributed by atoms with Gasteiger partial charge in [0.2, 0.25) is 5.91 Å². The molecule has 0 bridgehead atoms. The molecule has 1 aromatic rings. The summed E-state index contributed by atoms with van der Waals surface area (Å²) in [4.78, 5) is 12.7. The van der Waals surface area contributed by atoms with Gasteiger partial charge in [-0.05, 0) is 24.3 Å². The summed E-state index contributed by atoms with van der Waals surface area (Å²) in [5.41, 5.74) is 0. The van der Waals surface area contributed by atoms with Gasteiger partial charge in [-0.25, -0.2) is 0 Å². The number of hydrogen-bond donors (Lipinski definition) is 0. The first-order valence-corrected chi connectivity index (χ1v) is 5.25. The molecule has 0 saturated carbocycles. The predicted molar refractivity (Wildman–Crippen MR) is 59.7 cm³/mol. The van der Waals surface area contributed by atoms with E-state index in [0.717, 1.165) is 11.5 Å². The third-order valence-electron chi connectivity index (χ3n) is 2.66. The zero-order valence-electron chi connectivity index (χ0n) is 9.47. The average Bonchev–Trinajstić information content (AvgIpc) is 2.23. The molecule has 0 radical (unpaired) electrons. The first-order chi connectivity index (χ1) is 7.69. The fraction of sp³-hybridized carbons (Fsp3) is 0.417. The summed E-state index contributed by atoms with van der Waals surface area (Å²) < 4.78 is 10.7. The molecule has 0 aliphatic carbocycles. The molecule has 1 aliphatic rings. The number of carbonyl (C=O) groups excluding carboxylic acids is 1. The third-order valence-corrected chi connectivity index (χ3v) is 2.66. The smallest absolute Gasteiger partial charge is 0.219 e. The van der Waals surface area contributed by atoms with Crippen molar-refractivity contribution in [1.82, 2.24) is 4.90 Å². The van der Waals surface area contributed by atoms with E-state index in [2.05, 4.69) is 0 Å². The second-order valence-corrected chi connectivity index (χ2v) is 3.84. The lowest BCUT2D eigenvalue weighted by molar-refractivity contribution is -0.137. The maximum atomic E-state index is 11.0. The van der Waals surface area contributed by atoms with Gasteiger partial charge in [0.05, 0.1) is 20.2 Å². The summed E-state index contributed by atoms with van der Waals surface area (Å²) in [7, 11) is 1.63. The molecule has 0 unspecified atom stereocenters. The molecule has 0 aromatic heterocycles. The highest BCUT2D eigenvalue weighted by atomic mass is 16.5. The monoisotopic (exact) mass is 221 g/mol. The quantitative estimate of drug-likeness (QED) is 0.772. The van der Waals surface area contributed by atoms with Gasteiger partial charge in [0, 0.05) is 6.92 Å². The zero-order valence-corrected chi connectivity index (χ0v) is 9.47. The highest BCUT2D eigenvalue weighted by Gasteiger charge is 2.29. The van der Waals surface area contributed by atoms with Gasteiger partial charge in [-0.15, -0.1) is 0 Å². The Morgan fingerprint density at radius 2 is 1.81 bits per heavy atom. The number of methoxy groups -OCH3 is 1. The Balaban J connectivity index is 1.84. The van der Waals surface area contributed by atoms with Crippen LogP contribution in [0.5, 0.6) is 11.5 Å². The Labute approximate surface area is 94.8 Å². The van der Waals surface area contributed by atoms with Crippen LogP contribution in [-0.4, -0.2) is 37.1 Å². The number of nitrogens with zero attached hydrogens (tertiary/aromatic N) is 1. The Morgan fingerprint density at radius 3 is 2.31 bits per heavy atom. The second-order valence-electron chi connectivity index (χ2n) is 3.84. The van der Waals surface area contributed by atoms with E-state index in [1.807, 2.05) is 24.3 Å². The van der Waals surface area contributed by atoms with Crippen LogP contribution in [0.1, 0.15) is 6.92 Å². The van der Waals surface area contributed by atoms with Crippen LogP contribution in [-0.2, 0) is 4.79 Å². The molecule has 2 rings (SSSR count). The van der Waals surface area contributed by atoms with Crippen molar-refractivity contribution in [3.8, 4) is 11.5 Å². The molecule has 86 valence electrons. The predicted octanol–water partition coefficient (Wildman–Crippen LogP) is 1.30. The van der Waals surface area contributed by atoms with Gasteiger partial charge in [-0.1, -0.05) is 0 Å². The topological polar surface area (TPSA) is 38.8 Å². The van der Waals surface area contributed by atoms with E-state index < -0.39 is 0 Å². The molecule has 16 heavy (non-hydrogen) atoms. The molecule has 1 heterocycles. The molecule has 1 aromatic carbocycles. The maximum absolute atomic E-state index is 11.0. The molecule has 1 fully saturated rings. The SMILES string of the molecule is COc1ccc(OC2CN(C(C)=O)C2)cc1. The third kappa shape index (κ3) is 2.27. The van der Waals surface area contributed by atoms with E-state index >= 15 is 0 Å². The Bertz CT molecular complexity index is 368. The first kappa shape index (κ1) is 10.8. The normalized spacial score (nSPS) is 15.5. The Kier molecular flexibility index (Phi) is 2.99. The summed E-state index contributed by atoms with van der Waals surface area (Å²) in [5, 5.41) is 0. The van der Waals surface area contributed by atoms with E-state index in [4.69, 9.17) is 9.47 Å². The van der Waals surface area contributed by atoms with Crippen molar-refractivity contribution in [2.24, 2.45) is 0 Å². The van der Waals surface area contributed by atoms with Crippen LogP contribution < -0.4 is 9.47 Å². The second kappa shape index (κ2) is 4.43. The van der Waals surface area contributed by atoms with E-state index in [9.17, 15) is 4.79 Å². The molecule has 0 N–H and O–H groups in total. The van der Waals surface area contributed by atoms with Gasteiger partial charge in [0.25, 0.3) is 0 Å². The number of likely N-dealkylation sites (tertiary alicyclic amines) is 1. The summed E-state index contributed by atoms with van der Waals surface area (Å²) in [5.74, 6) is 1.73. The molecule has 1 aliphatic heterocycles. The number of carbonyl (C=O) groups is 1. The number of benzene rings is 1. The number of hydrogen-bond acceptors (Lipinski definition) is 3. The lowest BCUT2D eigenvalue weighted by Gasteiger charge is -2.38. The van der Waals surface area contributed by atoms with E-state index in [1.54, 1.807) is 18.9 Å². The molecule has 4 heteroatoms. The average molecular weight is 221 g/mol. The number of amides is 1. The van der Waals surface area contributed by atoms with Gasteiger partial charge < -0.3 is 14.4 Å². The van der Waals surface area contributed by atoms with E-state index in [-0.39, 0.29) is 12.0 Å². The number of rotatable bonds is 3. The zero-order chi connectivity index (χ0) is 11.5. The fourth-order valence-corrected chi connectivity index (χ4v) is 1.62. The van der Waals surface area contributed by atoms with Crippen molar-refractivity contribution in [2.45, 2.75) is 13.0 Å². The van der Waals surface area contributed by atoms with Crippen LogP contribution in [0.25, 0.3) is 0 Å². The molecule has 0 atom stereocenters. The summed E-state index contributed by atoms with van der Waals surface area (Å²) in [6.07, 6.45) is 0.122. The van der Waals surface area contributed by atoms with Crippen LogP contribution in [0.4, 0.5) is 0 Å². The lowest BCUT2D eigenvalue weighted by Crippen LogP contribution is -2.55. The van der Waals surface area contributed by atoms with Crippen molar-refractivity contribution < 1.29 is 14.3 Å². The van der Waals surface area contributed by atoms with Crippen LogP contribution in [0.15, 0.2) is 24.3 Å². The maximum Gasteiger partial charge on any atom is 0.219 e. The van der Waals surface area contributed by atoms with Crippen molar-refractivity contribution in [2.75, 3.05) is 20.2 Å². The summed E-state index contributed by atoms with van der Waals surface area (Å²) in [6, 6.07) is 7.46. The van der Waals surface area contributed by atoms with Gasteiger partial charge in [0.15, 0.2) is 0 Å². The van der Waals surface area contributed by atoms with Gasteiger partial charge in [-0.3, -0.25) is 4.79 Å². The molecule has 4 nitrogen and oxygen atoms in total. The van der Waals surface area contributed by atoms with Gasteiger partial charge in [0.1, 0.15) is 17.6 Å². The fourth-order valence-electron chi connectivity index (χ4n) is 1.62. The van der Waals surface area contributed by atoms with Crippen molar-refractivity contribution in [3.63, 3.8) is 0 Å². The first-order valence-electron chi connectivity index (χ1n) is 5.25. The molecular weight excluding hydrogens is 206 g/mol. The highest BCUT2D eigenvalue weighted by molar-refractivity contribution is 5.74. The Morgan fingerprint density at radius 1 is 1.25 bits per heavy atom. The Hall–Kier alpha value is -1.71. The summed E-state index contributed by atoms with van der Waals surface area (Å²) >= 11 is 0. The minimum atomic E-state index is 0.106. The molecule has 0 spiro atoms. The summed E-state index contributed by atoms with van der Waals surface area (Å²) in [6.45, 7) is 2.94. The van der Waals surface area contributed by atoms with E-state index in [0.29, 0.717) is 13.1 Å². The standard InChI is InChI=1S/C12H15NO3/c1-9(14)13-7-12(8-13)16-11-5-3-10(15-2)4-6-11/h3-6,12H,7-8H2,1-2H3. The van der Waals surface area contributed by atoms with Crippen LogP contribution in [0, 0.1) is 0 Å². The molecule has 1 amide bonds. The van der Waals surface area contributed by atoms with E-state index in [1.165, 1.54) is 0 Å². The van der Waals surface area contributed by atoms with Gasteiger partial charge in [-0.2, -0.15) is 0 Å². The van der Waals surface area contributed by atoms with Crippen LogP contribution >= 0.6 is 0 Å². The van der Waals surface area contributed by atoms with Gasteiger partial charge >= 0.3 is 0 Å². The van der Waals surface area contributed by atoms with Crippen molar-refractivity contribution in [1.29, 1.82) is 0 Å². The van der Waals surface area contributed by atoms with Crippen LogP contribution in [0.3, 0.4) is 0 Å². The van der Waals surface area contributed by atoms with Crippen molar-refractivity contribution in [3.05, 3.63) is 24.3 Å².